The fourth-order valence-electron chi connectivity index (χ4n) is 2.88. The monoisotopic (exact) mass is 426 g/mol. The first-order chi connectivity index (χ1) is 9.88. The van der Waals surface area contributed by atoms with Gasteiger partial charge in [-0.15, -0.1) is 24.0 Å². The molecule has 0 saturated carbocycles. The van der Waals surface area contributed by atoms with Gasteiger partial charge < -0.3 is 15.4 Å². The van der Waals surface area contributed by atoms with Crippen LogP contribution in [0.3, 0.4) is 0 Å². The maximum atomic E-state index is 5.79. The number of rotatable bonds is 7. The summed E-state index contributed by atoms with van der Waals surface area (Å²) in [5.74, 6) is 0.860. The van der Waals surface area contributed by atoms with Gasteiger partial charge in [0.15, 0.2) is 5.96 Å². The molecule has 0 aromatic rings. The largest absolute Gasteiger partial charge is 0.373 e. The molecule has 5 nitrogen and oxygen atoms in total. The zero-order valence-corrected chi connectivity index (χ0v) is 17.4. The van der Waals surface area contributed by atoms with Gasteiger partial charge in [0, 0.05) is 45.4 Å². The van der Waals surface area contributed by atoms with E-state index in [4.69, 9.17) is 4.74 Å². The molecule has 1 unspecified atom stereocenters. The average Bonchev–Trinajstić information content (AvgIpc) is 2.84. The van der Waals surface area contributed by atoms with E-state index in [9.17, 15) is 0 Å². The molecule has 2 N–H and O–H groups in total. The fraction of sp³-hybridized carbons (Fsp3) is 0.938. The summed E-state index contributed by atoms with van der Waals surface area (Å²) in [7, 11) is 1.82. The molecule has 0 amide bonds. The van der Waals surface area contributed by atoms with E-state index >= 15 is 0 Å². The van der Waals surface area contributed by atoms with Gasteiger partial charge in [-0.3, -0.25) is 9.89 Å². The lowest BCUT2D eigenvalue weighted by atomic mass is 10.0. The van der Waals surface area contributed by atoms with Gasteiger partial charge in [-0.1, -0.05) is 0 Å². The number of halogens is 1. The van der Waals surface area contributed by atoms with Crippen molar-refractivity contribution in [1.82, 2.24) is 15.5 Å². The molecule has 1 heterocycles. The van der Waals surface area contributed by atoms with Crippen molar-refractivity contribution in [3.63, 3.8) is 0 Å². The molecule has 0 radical (unpaired) electrons. The van der Waals surface area contributed by atoms with Crippen LogP contribution in [0.4, 0.5) is 0 Å². The number of aliphatic imine (C=N–C) groups is 1. The highest BCUT2D eigenvalue weighted by Gasteiger charge is 2.29. The van der Waals surface area contributed by atoms with Crippen molar-refractivity contribution in [1.29, 1.82) is 0 Å². The van der Waals surface area contributed by atoms with Crippen LogP contribution in [0.15, 0.2) is 4.99 Å². The predicted molar refractivity (Wildman–Crippen MR) is 105 cm³/mol. The van der Waals surface area contributed by atoms with Crippen molar-refractivity contribution < 1.29 is 4.74 Å². The second kappa shape index (κ2) is 10.6. The van der Waals surface area contributed by atoms with E-state index in [-0.39, 0.29) is 29.6 Å². The van der Waals surface area contributed by atoms with Crippen LogP contribution in [0.2, 0.25) is 0 Å². The van der Waals surface area contributed by atoms with Crippen molar-refractivity contribution >= 4 is 29.9 Å². The third kappa shape index (κ3) is 7.46. The Labute approximate surface area is 153 Å². The SMILES string of the molecule is CN=C(NCCN(C(C)C)C(C)C)NCC1(C)CCCO1.I. The van der Waals surface area contributed by atoms with E-state index in [1.165, 1.54) is 0 Å². The van der Waals surface area contributed by atoms with Gasteiger partial charge in [0.25, 0.3) is 0 Å². The molecule has 1 aliphatic heterocycles. The van der Waals surface area contributed by atoms with E-state index < -0.39 is 0 Å². The molecule has 6 heteroatoms. The van der Waals surface area contributed by atoms with Crippen LogP contribution in [0.1, 0.15) is 47.5 Å². The maximum Gasteiger partial charge on any atom is 0.191 e. The molecule has 0 aromatic heterocycles. The highest BCUT2D eigenvalue weighted by Crippen LogP contribution is 2.23. The molecule has 0 aromatic carbocycles. The predicted octanol–water partition coefficient (Wildman–Crippen LogP) is 2.46. The van der Waals surface area contributed by atoms with Crippen molar-refractivity contribution in [2.75, 3.05) is 33.3 Å². The third-order valence-electron chi connectivity index (χ3n) is 4.14. The maximum absolute atomic E-state index is 5.79. The Hall–Kier alpha value is -0.0800. The first kappa shape index (κ1) is 21.9. The Morgan fingerprint density at radius 3 is 2.32 bits per heavy atom. The van der Waals surface area contributed by atoms with Gasteiger partial charge in [0.2, 0.25) is 0 Å². The lowest BCUT2D eigenvalue weighted by Crippen LogP contribution is -2.48. The molecule has 1 aliphatic rings. The Morgan fingerprint density at radius 1 is 1.23 bits per heavy atom. The molecule has 0 aliphatic carbocycles. The lowest BCUT2D eigenvalue weighted by Gasteiger charge is -2.31. The Morgan fingerprint density at radius 2 is 1.86 bits per heavy atom. The summed E-state index contributed by atoms with van der Waals surface area (Å²) in [6, 6.07) is 1.13. The summed E-state index contributed by atoms with van der Waals surface area (Å²) < 4.78 is 5.79. The number of hydrogen-bond acceptors (Lipinski definition) is 3. The van der Waals surface area contributed by atoms with Gasteiger partial charge in [-0.25, -0.2) is 0 Å². The molecule has 0 spiro atoms. The third-order valence-corrected chi connectivity index (χ3v) is 4.14. The number of nitrogens with one attached hydrogen (secondary N) is 2. The number of ether oxygens (including phenoxy) is 1. The Kier molecular flexibility index (Phi) is 10.6. The number of nitrogens with zero attached hydrogens (tertiary/aromatic N) is 2. The van der Waals surface area contributed by atoms with E-state index in [1.54, 1.807) is 0 Å². The highest BCUT2D eigenvalue weighted by atomic mass is 127. The highest BCUT2D eigenvalue weighted by molar-refractivity contribution is 14.0. The molecular weight excluding hydrogens is 391 g/mol. The first-order valence-corrected chi connectivity index (χ1v) is 8.22. The molecule has 22 heavy (non-hydrogen) atoms. The number of hydrogen-bond donors (Lipinski definition) is 2. The summed E-state index contributed by atoms with van der Waals surface area (Å²) in [6.07, 6.45) is 2.27. The van der Waals surface area contributed by atoms with Crippen LogP contribution < -0.4 is 10.6 Å². The molecule has 1 rings (SSSR count). The van der Waals surface area contributed by atoms with Gasteiger partial charge >= 0.3 is 0 Å². The van der Waals surface area contributed by atoms with Gasteiger partial charge in [-0.05, 0) is 47.5 Å². The minimum atomic E-state index is -0.0421. The van der Waals surface area contributed by atoms with Gasteiger partial charge in [0.05, 0.1) is 5.60 Å². The van der Waals surface area contributed by atoms with Crippen molar-refractivity contribution in [3.05, 3.63) is 0 Å². The summed E-state index contributed by atoms with van der Waals surface area (Å²) >= 11 is 0. The van der Waals surface area contributed by atoms with Crippen molar-refractivity contribution in [2.45, 2.75) is 65.1 Å². The van der Waals surface area contributed by atoms with Crippen molar-refractivity contribution in [3.8, 4) is 0 Å². The standard InChI is InChI=1S/C16H34N4O.HI/c1-13(2)20(14(3)4)10-9-18-15(17-6)19-12-16(5)8-7-11-21-16;/h13-14H,7-12H2,1-6H3,(H2,17,18,19);1H. The van der Waals surface area contributed by atoms with E-state index in [2.05, 4.69) is 55.1 Å². The first-order valence-electron chi connectivity index (χ1n) is 8.22. The molecule has 1 fully saturated rings. The Balaban J connectivity index is 0.00000441. The fourth-order valence-corrected chi connectivity index (χ4v) is 2.88. The van der Waals surface area contributed by atoms with E-state index in [0.717, 1.165) is 45.0 Å². The molecule has 0 bridgehead atoms. The van der Waals surface area contributed by atoms with Gasteiger partial charge in [-0.2, -0.15) is 0 Å². The van der Waals surface area contributed by atoms with Crippen LogP contribution in [0.5, 0.6) is 0 Å². The van der Waals surface area contributed by atoms with Crippen LogP contribution in [-0.2, 0) is 4.74 Å². The zero-order valence-electron chi connectivity index (χ0n) is 15.1. The minimum Gasteiger partial charge on any atom is -0.373 e. The smallest absolute Gasteiger partial charge is 0.191 e. The second-order valence-corrected chi connectivity index (χ2v) is 6.68. The average molecular weight is 426 g/mol. The summed E-state index contributed by atoms with van der Waals surface area (Å²) in [5.41, 5.74) is -0.0421. The quantitative estimate of drug-likeness (QED) is 0.373. The van der Waals surface area contributed by atoms with E-state index in [0.29, 0.717) is 12.1 Å². The molecule has 132 valence electrons. The van der Waals surface area contributed by atoms with Crippen LogP contribution in [0.25, 0.3) is 0 Å². The number of guanidine groups is 1. The van der Waals surface area contributed by atoms with Crippen LogP contribution in [0, 0.1) is 0 Å². The van der Waals surface area contributed by atoms with Gasteiger partial charge in [0.1, 0.15) is 0 Å². The molecule has 1 atom stereocenters. The summed E-state index contributed by atoms with van der Waals surface area (Å²) in [5, 5.41) is 6.77. The van der Waals surface area contributed by atoms with Crippen molar-refractivity contribution in [2.24, 2.45) is 4.99 Å². The van der Waals surface area contributed by atoms with Crippen LogP contribution in [-0.4, -0.2) is 61.8 Å². The molecule has 1 saturated heterocycles. The summed E-state index contributed by atoms with van der Waals surface area (Å²) in [6.45, 7) is 14.7. The van der Waals surface area contributed by atoms with E-state index in [1.807, 2.05) is 7.05 Å². The second-order valence-electron chi connectivity index (χ2n) is 6.68. The zero-order chi connectivity index (χ0) is 15.9. The summed E-state index contributed by atoms with van der Waals surface area (Å²) in [4.78, 5) is 6.76. The van der Waals surface area contributed by atoms with Crippen LogP contribution >= 0.6 is 24.0 Å². The lowest BCUT2D eigenvalue weighted by molar-refractivity contribution is 0.0242. The normalized spacial score (nSPS) is 22.3. The molecular formula is C16H35IN4O. The Bertz CT molecular complexity index is 320. The topological polar surface area (TPSA) is 48.9 Å². The minimum absolute atomic E-state index is 0.